The summed E-state index contributed by atoms with van der Waals surface area (Å²) in [7, 11) is 0. The molecule has 0 aliphatic rings. The summed E-state index contributed by atoms with van der Waals surface area (Å²) in [4.78, 5) is 0. The van der Waals surface area contributed by atoms with Crippen LogP contribution in [0.25, 0.3) is 0 Å². The number of rotatable bonds is 7. The van der Waals surface area contributed by atoms with Crippen molar-refractivity contribution in [1.29, 1.82) is 0 Å². The predicted molar refractivity (Wildman–Crippen MR) is 81.7 cm³/mol. The molecule has 0 amide bonds. The van der Waals surface area contributed by atoms with Crippen LogP contribution >= 0.6 is 23.2 Å². The van der Waals surface area contributed by atoms with Crippen molar-refractivity contribution in [2.75, 3.05) is 6.54 Å². The molecule has 0 saturated heterocycles. The van der Waals surface area contributed by atoms with Gasteiger partial charge in [0.1, 0.15) is 0 Å². The third-order valence-corrected chi connectivity index (χ3v) is 3.66. The van der Waals surface area contributed by atoms with Gasteiger partial charge in [0.2, 0.25) is 0 Å². The van der Waals surface area contributed by atoms with E-state index in [1.165, 1.54) is 0 Å². The van der Waals surface area contributed by atoms with Crippen molar-refractivity contribution in [1.82, 2.24) is 5.32 Å². The first-order chi connectivity index (χ1) is 8.54. The highest BCUT2D eigenvalue weighted by atomic mass is 35.5. The normalized spacial score (nSPS) is 13.0. The van der Waals surface area contributed by atoms with Gasteiger partial charge in [-0.2, -0.15) is 0 Å². The molecule has 1 aromatic carbocycles. The Balaban J connectivity index is 2.75. The molecule has 1 N–H and O–H groups in total. The lowest BCUT2D eigenvalue weighted by atomic mass is 9.97. The van der Waals surface area contributed by atoms with E-state index in [1.54, 1.807) is 0 Å². The average molecular weight is 288 g/mol. The largest absolute Gasteiger partial charge is 0.314 e. The van der Waals surface area contributed by atoms with Crippen LogP contribution in [-0.4, -0.2) is 12.6 Å². The average Bonchev–Trinajstić information content (AvgIpc) is 2.30. The van der Waals surface area contributed by atoms with E-state index in [-0.39, 0.29) is 0 Å². The fourth-order valence-corrected chi connectivity index (χ4v) is 2.68. The molecule has 0 spiro atoms. The number of hydrogen-bond donors (Lipinski definition) is 1. The van der Waals surface area contributed by atoms with Crippen molar-refractivity contribution < 1.29 is 0 Å². The molecule has 0 bridgehead atoms. The van der Waals surface area contributed by atoms with Gasteiger partial charge in [-0.05, 0) is 49.4 Å². The molecule has 1 rings (SSSR count). The van der Waals surface area contributed by atoms with Gasteiger partial charge in [0, 0.05) is 16.1 Å². The molecule has 0 fully saturated rings. The molecule has 1 atom stereocenters. The summed E-state index contributed by atoms with van der Waals surface area (Å²) in [5.41, 5.74) is 1.06. The third-order valence-electron chi connectivity index (χ3n) is 2.95. The van der Waals surface area contributed by atoms with Crippen molar-refractivity contribution in [3.8, 4) is 0 Å². The molecule has 0 saturated carbocycles. The molecule has 3 heteroatoms. The number of halogens is 2. The monoisotopic (exact) mass is 287 g/mol. The summed E-state index contributed by atoms with van der Waals surface area (Å²) in [5.74, 6) is 0.667. The second kappa shape index (κ2) is 8.04. The van der Waals surface area contributed by atoms with Crippen LogP contribution in [0.1, 0.15) is 39.2 Å². The molecule has 0 aromatic heterocycles. The molecule has 1 aromatic rings. The summed E-state index contributed by atoms with van der Waals surface area (Å²) < 4.78 is 0. The van der Waals surface area contributed by atoms with Gasteiger partial charge < -0.3 is 5.32 Å². The Labute approximate surface area is 121 Å². The fourth-order valence-electron chi connectivity index (χ4n) is 2.13. The van der Waals surface area contributed by atoms with Gasteiger partial charge >= 0.3 is 0 Å². The van der Waals surface area contributed by atoms with E-state index in [2.05, 4.69) is 26.1 Å². The molecular weight excluding hydrogens is 265 g/mol. The van der Waals surface area contributed by atoms with E-state index in [0.717, 1.165) is 41.4 Å². The SMILES string of the molecule is CCCNC(Cc1c(Cl)cccc1Cl)CC(C)C. The Morgan fingerprint density at radius 3 is 2.28 bits per heavy atom. The topological polar surface area (TPSA) is 12.0 Å². The van der Waals surface area contributed by atoms with Crippen LogP contribution in [-0.2, 0) is 6.42 Å². The minimum absolute atomic E-state index is 0.447. The van der Waals surface area contributed by atoms with Crippen LogP contribution in [0.3, 0.4) is 0 Å². The first-order valence-electron chi connectivity index (χ1n) is 6.70. The molecule has 1 unspecified atom stereocenters. The lowest BCUT2D eigenvalue weighted by molar-refractivity contribution is 0.416. The van der Waals surface area contributed by atoms with Crippen LogP contribution in [0.2, 0.25) is 10.0 Å². The van der Waals surface area contributed by atoms with Crippen molar-refractivity contribution in [3.63, 3.8) is 0 Å². The first kappa shape index (κ1) is 15.8. The van der Waals surface area contributed by atoms with Gasteiger partial charge in [-0.25, -0.2) is 0 Å². The van der Waals surface area contributed by atoms with E-state index in [4.69, 9.17) is 23.2 Å². The maximum absolute atomic E-state index is 6.23. The summed E-state index contributed by atoms with van der Waals surface area (Å²) in [6.07, 6.45) is 3.18. The van der Waals surface area contributed by atoms with Crippen molar-refractivity contribution >= 4 is 23.2 Å². The van der Waals surface area contributed by atoms with Gasteiger partial charge in [-0.15, -0.1) is 0 Å². The van der Waals surface area contributed by atoms with Crippen LogP contribution in [0, 0.1) is 5.92 Å². The Bertz CT molecular complexity index is 343. The smallest absolute Gasteiger partial charge is 0.0453 e. The summed E-state index contributed by atoms with van der Waals surface area (Å²) in [6.45, 7) is 7.71. The summed E-state index contributed by atoms with van der Waals surface area (Å²) >= 11 is 12.5. The fraction of sp³-hybridized carbons (Fsp3) is 0.600. The highest BCUT2D eigenvalue weighted by Gasteiger charge is 2.14. The highest BCUT2D eigenvalue weighted by molar-refractivity contribution is 6.35. The third kappa shape index (κ3) is 5.17. The Morgan fingerprint density at radius 1 is 1.17 bits per heavy atom. The molecule has 0 aliphatic carbocycles. The molecular formula is C15H23Cl2N. The Hall–Kier alpha value is -0.240. The molecule has 1 nitrogen and oxygen atoms in total. The van der Waals surface area contributed by atoms with Crippen LogP contribution in [0.15, 0.2) is 18.2 Å². The van der Waals surface area contributed by atoms with Gasteiger partial charge in [0.05, 0.1) is 0 Å². The quantitative estimate of drug-likeness (QED) is 0.748. The first-order valence-corrected chi connectivity index (χ1v) is 7.46. The van der Waals surface area contributed by atoms with E-state index < -0.39 is 0 Å². The molecule has 0 radical (unpaired) electrons. The highest BCUT2D eigenvalue weighted by Crippen LogP contribution is 2.26. The van der Waals surface area contributed by atoms with Crippen molar-refractivity contribution in [3.05, 3.63) is 33.8 Å². The second-order valence-electron chi connectivity index (χ2n) is 5.18. The van der Waals surface area contributed by atoms with E-state index in [9.17, 15) is 0 Å². The number of nitrogens with one attached hydrogen (secondary N) is 1. The van der Waals surface area contributed by atoms with E-state index >= 15 is 0 Å². The molecule has 0 aliphatic heterocycles. The molecule has 18 heavy (non-hydrogen) atoms. The standard InChI is InChI=1S/C15H23Cl2N/c1-4-8-18-12(9-11(2)3)10-13-14(16)6-5-7-15(13)17/h5-7,11-12,18H,4,8-10H2,1-3H3. The van der Waals surface area contributed by atoms with Gasteiger partial charge in [-0.3, -0.25) is 0 Å². The maximum atomic E-state index is 6.23. The number of benzene rings is 1. The number of hydrogen-bond acceptors (Lipinski definition) is 1. The van der Waals surface area contributed by atoms with Crippen molar-refractivity contribution in [2.45, 2.75) is 46.1 Å². The zero-order valence-corrected chi connectivity index (χ0v) is 13.0. The zero-order valence-electron chi connectivity index (χ0n) is 11.5. The Kier molecular flexibility index (Phi) is 7.06. The van der Waals surface area contributed by atoms with Crippen LogP contribution < -0.4 is 5.32 Å². The summed E-state index contributed by atoms with van der Waals surface area (Å²) in [6, 6.07) is 6.16. The summed E-state index contributed by atoms with van der Waals surface area (Å²) in [5, 5.41) is 5.13. The van der Waals surface area contributed by atoms with Gasteiger partial charge in [-0.1, -0.05) is 50.0 Å². The lowest BCUT2D eigenvalue weighted by Gasteiger charge is -2.21. The van der Waals surface area contributed by atoms with E-state index in [1.807, 2.05) is 18.2 Å². The van der Waals surface area contributed by atoms with Crippen LogP contribution in [0.4, 0.5) is 0 Å². The van der Waals surface area contributed by atoms with Crippen LogP contribution in [0.5, 0.6) is 0 Å². The minimum atomic E-state index is 0.447. The van der Waals surface area contributed by atoms with E-state index in [0.29, 0.717) is 12.0 Å². The minimum Gasteiger partial charge on any atom is -0.314 e. The molecule has 0 heterocycles. The zero-order chi connectivity index (χ0) is 13.5. The lowest BCUT2D eigenvalue weighted by Crippen LogP contribution is -2.33. The molecule has 102 valence electrons. The Morgan fingerprint density at radius 2 is 1.78 bits per heavy atom. The van der Waals surface area contributed by atoms with Gasteiger partial charge in [0.25, 0.3) is 0 Å². The van der Waals surface area contributed by atoms with Crippen molar-refractivity contribution in [2.24, 2.45) is 5.92 Å². The van der Waals surface area contributed by atoms with Gasteiger partial charge in [0.15, 0.2) is 0 Å². The second-order valence-corrected chi connectivity index (χ2v) is 6.00. The predicted octanol–water partition coefficient (Wildman–Crippen LogP) is 4.95. The maximum Gasteiger partial charge on any atom is 0.0453 e.